The van der Waals surface area contributed by atoms with Crippen molar-refractivity contribution in [3.63, 3.8) is 0 Å². The van der Waals surface area contributed by atoms with Gasteiger partial charge in [-0.2, -0.15) is 0 Å². The summed E-state index contributed by atoms with van der Waals surface area (Å²) in [6, 6.07) is 3.60. The molecule has 2 fully saturated rings. The molecule has 1 aliphatic carbocycles. The average molecular weight is 410 g/mol. The number of halogens is 4. The Kier molecular flexibility index (Phi) is 9.24. The van der Waals surface area contributed by atoms with Crippen LogP contribution in [0.5, 0.6) is 0 Å². The lowest BCUT2D eigenvalue weighted by atomic mass is 10.1. The van der Waals surface area contributed by atoms with E-state index in [1.165, 1.54) is 25.0 Å². The summed E-state index contributed by atoms with van der Waals surface area (Å²) in [5.41, 5.74) is 0.502. The zero-order valence-corrected chi connectivity index (χ0v) is 16.6. The molecule has 1 saturated carbocycles. The second-order valence-corrected chi connectivity index (χ2v) is 6.83. The second-order valence-electron chi connectivity index (χ2n) is 6.83. The van der Waals surface area contributed by atoms with Gasteiger partial charge in [0.15, 0.2) is 0 Å². The number of carbonyl (C=O) groups excluding carboxylic acids is 1. The Morgan fingerprint density at radius 2 is 1.85 bits per heavy atom. The summed E-state index contributed by atoms with van der Waals surface area (Å²) in [6.07, 6.45) is 2.55. The van der Waals surface area contributed by atoms with Crippen molar-refractivity contribution < 1.29 is 13.6 Å². The maximum atomic E-state index is 13.9. The van der Waals surface area contributed by atoms with Crippen molar-refractivity contribution in [1.82, 2.24) is 15.1 Å². The molecule has 0 bridgehead atoms. The zero-order chi connectivity index (χ0) is 17.1. The lowest BCUT2D eigenvalue weighted by Gasteiger charge is -2.38. The van der Waals surface area contributed by atoms with Crippen LogP contribution in [-0.4, -0.2) is 55.0 Å². The third-order valence-corrected chi connectivity index (χ3v) is 5.03. The Bertz CT molecular complexity index is 594. The van der Waals surface area contributed by atoms with Crippen LogP contribution in [0.15, 0.2) is 18.2 Å². The largest absolute Gasteiger partial charge is 0.339 e. The molecule has 4 nitrogen and oxygen atoms in total. The SMILES string of the molecule is CC(c1ccc(F)cc1F)N1CCN(C(=O)CNCC2CC2)CC1.Cl.Cl. The van der Waals surface area contributed by atoms with Gasteiger partial charge in [0.25, 0.3) is 0 Å². The first-order valence-corrected chi connectivity index (χ1v) is 8.72. The van der Waals surface area contributed by atoms with Gasteiger partial charge < -0.3 is 10.2 Å². The van der Waals surface area contributed by atoms with Crippen LogP contribution in [0.3, 0.4) is 0 Å². The number of benzene rings is 1. The van der Waals surface area contributed by atoms with Crippen molar-refractivity contribution in [2.45, 2.75) is 25.8 Å². The molecule has 1 saturated heterocycles. The molecular formula is C18H27Cl2F2N3O. The van der Waals surface area contributed by atoms with Crippen LogP contribution in [0.2, 0.25) is 0 Å². The molecule has 8 heteroatoms. The Hall–Kier alpha value is -0.950. The minimum Gasteiger partial charge on any atom is -0.339 e. The maximum absolute atomic E-state index is 13.9. The zero-order valence-electron chi connectivity index (χ0n) is 14.9. The van der Waals surface area contributed by atoms with E-state index in [-0.39, 0.29) is 36.8 Å². The Labute approximate surface area is 166 Å². The number of amides is 1. The van der Waals surface area contributed by atoms with E-state index < -0.39 is 11.6 Å². The number of carbonyl (C=O) groups is 1. The van der Waals surface area contributed by atoms with E-state index in [0.717, 1.165) is 18.5 Å². The van der Waals surface area contributed by atoms with Gasteiger partial charge in [-0.15, -0.1) is 24.8 Å². The van der Waals surface area contributed by atoms with Gasteiger partial charge in [-0.3, -0.25) is 9.69 Å². The first-order chi connectivity index (χ1) is 11.5. The van der Waals surface area contributed by atoms with Crippen molar-refractivity contribution in [2.75, 3.05) is 39.3 Å². The van der Waals surface area contributed by atoms with E-state index in [9.17, 15) is 13.6 Å². The third kappa shape index (κ3) is 6.05. The van der Waals surface area contributed by atoms with Crippen LogP contribution in [0.1, 0.15) is 31.4 Å². The topological polar surface area (TPSA) is 35.6 Å². The third-order valence-electron chi connectivity index (χ3n) is 5.03. The minimum absolute atomic E-state index is 0. The molecule has 1 aromatic carbocycles. The second kappa shape index (κ2) is 10.4. The Morgan fingerprint density at radius 1 is 1.19 bits per heavy atom. The molecule has 0 spiro atoms. The number of piperazine rings is 1. The van der Waals surface area contributed by atoms with Crippen molar-refractivity contribution in [3.8, 4) is 0 Å². The highest BCUT2D eigenvalue weighted by molar-refractivity contribution is 5.85. The highest BCUT2D eigenvalue weighted by atomic mass is 35.5. The van der Waals surface area contributed by atoms with E-state index in [0.29, 0.717) is 38.3 Å². The highest BCUT2D eigenvalue weighted by Gasteiger charge is 2.26. The molecule has 26 heavy (non-hydrogen) atoms. The van der Waals surface area contributed by atoms with Crippen molar-refractivity contribution in [1.29, 1.82) is 0 Å². The molecule has 1 unspecified atom stereocenters. The first-order valence-electron chi connectivity index (χ1n) is 8.72. The number of nitrogens with one attached hydrogen (secondary N) is 1. The lowest BCUT2D eigenvalue weighted by molar-refractivity contribution is -0.132. The van der Waals surface area contributed by atoms with Crippen molar-refractivity contribution in [2.24, 2.45) is 5.92 Å². The molecule has 148 valence electrons. The Morgan fingerprint density at radius 3 is 2.42 bits per heavy atom. The van der Waals surface area contributed by atoms with Crippen molar-refractivity contribution >= 4 is 30.7 Å². The van der Waals surface area contributed by atoms with E-state index in [1.807, 2.05) is 11.8 Å². The van der Waals surface area contributed by atoms with E-state index in [4.69, 9.17) is 0 Å². The molecule has 1 N–H and O–H groups in total. The van der Waals surface area contributed by atoms with Gasteiger partial charge in [0.2, 0.25) is 5.91 Å². The lowest BCUT2D eigenvalue weighted by Crippen LogP contribution is -2.51. The van der Waals surface area contributed by atoms with Gasteiger partial charge in [-0.1, -0.05) is 6.07 Å². The summed E-state index contributed by atoms with van der Waals surface area (Å²) >= 11 is 0. The summed E-state index contributed by atoms with van der Waals surface area (Å²) in [6.45, 7) is 5.96. The molecular weight excluding hydrogens is 383 g/mol. The van der Waals surface area contributed by atoms with Gasteiger partial charge in [0.05, 0.1) is 6.54 Å². The van der Waals surface area contributed by atoms with Crippen LogP contribution >= 0.6 is 24.8 Å². The summed E-state index contributed by atoms with van der Waals surface area (Å²) < 4.78 is 27.0. The molecule has 0 radical (unpaired) electrons. The summed E-state index contributed by atoms with van der Waals surface area (Å²) in [4.78, 5) is 16.2. The van der Waals surface area contributed by atoms with Gasteiger partial charge in [0.1, 0.15) is 11.6 Å². The van der Waals surface area contributed by atoms with Crippen LogP contribution in [0, 0.1) is 17.6 Å². The molecule has 1 aliphatic heterocycles. The van der Waals surface area contributed by atoms with Gasteiger partial charge in [-0.05, 0) is 38.3 Å². The minimum atomic E-state index is -0.558. The maximum Gasteiger partial charge on any atom is 0.236 e. The molecule has 0 aromatic heterocycles. The Balaban J connectivity index is 0.00000169. The number of nitrogens with zero attached hydrogens (tertiary/aromatic N) is 2. The standard InChI is InChI=1S/C18H25F2N3O.2ClH/c1-13(16-5-4-15(19)10-17(16)20)22-6-8-23(9-7-22)18(24)12-21-11-14-2-3-14;;/h4-5,10,13-14,21H,2-3,6-9,11-12H2,1H3;2*1H. The highest BCUT2D eigenvalue weighted by Crippen LogP contribution is 2.27. The summed E-state index contributed by atoms with van der Waals surface area (Å²) in [5.74, 6) is -0.167. The van der Waals surface area contributed by atoms with Crippen LogP contribution in [0.25, 0.3) is 0 Å². The fraction of sp³-hybridized carbons (Fsp3) is 0.611. The molecule has 1 aromatic rings. The number of hydrogen-bond acceptors (Lipinski definition) is 3. The van der Waals surface area contributed by atoms with Crippen LogP contribution in [-0.2, 0) is 4.79 Å². The number of rotatable bonds is 6. The fourth-order valence-corrected chi connectivity index (χ4v) is 3.21. The summed E-state index contributed by atoms with van der Waals surface area (Å²) in [5, 5.41) is 3.23. The van der Waals surface area contributed by atoms with Crippen LogP contribution < -0.4 is 5.32 Å². The van der Waals surface area contributed by atoms with E-state index in [1.54, 1.807) is 0 Å². The summed E-state index contributed by atoms with van der Waals surface area (Å²) in [7, 11) is 0. The van der Waals surface area contributed by atoms with Crippen molar-refractivity contribution in [3.05, 3.63) is 35.4 Å². The van der Waals surface area contributed by atoms with E-state index in [2.05, 4.69) is 10.2 Å². The van der Waals surface area contributed by atoms with E-state index >= 15 is 0 Å². The number of hydrogen-bond donors (Lipinski definition) is 1. The molecule has 1 amide bonds. The monoisotopic (exact) mass is 409 g/mol. The molecule has 1 heterocycles. The van der Waals surface area contributed by atoms with Gasteiger partial charge >= 0.3 is 0 Å². The predicted molar refractivity (Wildman–Crippen MR) is 103 cm³/mol. The van der Waals surface area contributed by atoms with Gasteiger partial charge in [-0.25, -0.2) is 8.78 Å². The van der Waals surface area contributed by atoms with Gasteiger partial charge in [0, 0.05) is 43.9 Å². The van der Waals surface area contributed by atoms with Crippen LogP contribution in [0.4, 0.5) is 8.78 Å². The fourth-order valence-electron chi connectivity index (χ4n) is 3.21. The molecule has 3 rings (SSSR count). The normalized spacial score (nSPS) is 18.7. The molecule has 1 atom stereocenters. The first kappa shape index (κ1) is 23.1. The smallest absolute Gasteiger partial charge is 0.236 e. The predicted octanol–water partition coefficient (Wildman–Crippen LogP) is 3.01. The quantitative estimate of drug-likeness (QED) is 0.784. The molecule has 2 aliphatic rings. The average Bonchev–Trinajstić information content (AvgIpc) is 3.39.